The fourth-order valence-electron chi connectivity index (χ4n) is 1.98. The maximum absolute atomic E-state index is 11.3. The molecule has 2 rings (SSSR count). The molecule has 106 valence electrons. The van der Waals surface area contributed by atoms with Gasteiger partial charge in [0, 0.05) is 10.4 Å². The average Bonchev–Trinajstić information content (AvgIpc) is 2.69. The standard InChI is InChI=1S/C15H16Cl2N2O/c1-15(2,3)13-12(9-20)14(17)19(18-13)8-10-4-6-11(16)7-5-10/h4-7,9H,8H2,1-3H3. The SMILES string of the molecule is CC(C)(C)c1nn(Cc2ccc(Cl)cc2)c(Cl)c1C=O. The molecule has 20 heavy (non-hydrogen) atoms. The van der Waals surface area contributed by atoms with Gasteiger partial charge >= 0.3 is 0 Å². The van der Waals surface area contributed by atoms with E-state index in [2.05, 4.69) is 5.10 Å². The number of hydrogen-bond donors (Lipinski definition) is 0. The van der Waals surface area contributed by atoms with Crippen molar-refractivity contribution in [3.05, 3.63) is 51.3 Å². The Morgan fingerprint density at radius 1 is 1.20 bits per heavy atom. The van der Waals surface area contributed by atoms with E-state index in [0.717, 1.165) is 11.8 Å². The molecule has 1 aromatic heterocycles. The fraction of sp³-hybridized carbons (Fsp3) is 0.333. The molecule has 1 aromatic carbocycles. The molecule has 1 heterocycles. The van der Waals surface area contributed by atoms with Crippen LogP contribution in [-0.2, 0) is 12.0 Å². The largest absolute Gasteiger partial charge is 0.298 e. The highest BCUT2D eigenvalue weighted by atomic mass is 35.5. The number of halogens is 2. The first kappa shape index (κ1) is 15.1. The van der Waals surface area contributed by atoms with Crippen molar-refractivity contribution in [3.8, 4) is 0 Å². The van der Waals surface area contributed by atoms with Gasteiger partial charge < -0.3 is 0 Å². The van der Waals surface area contributed by atoms with Gasteiger partial charge in [0.2, 0.25) is 0 Å². The maximum atomic E-state index is 11.3. The predicted octanol–water partition coefficient (Wildman–Crippen LogP) is 4.35. The zero-order chi connectivity index (χ0) is 14.9. The summed E-state index contributed by atoms with van der Waals surface area (Å²) in [6.45, 7) is 6.52. The van der Waals surface area contributed by atoms with Gasteiger partial charge in [-0.2, -0.15) is 5.10 Å². The van der Waals surface area contributed by atoms with E-state index in [4.69, 9.17) is 23.2 Å². The van der Waals surface area contributed by atoms with Crippen LogP contribution < -0.4 is 0 Å². The van der Waals surface area contributed by atoms with Crippen molar-refractivity contribution in [3.63, 3.8) is 0 Å². The Hall–Kier alpha value is -1.32. The lowest BCUT2D eigenvalue weighted by Crippen LogP contribution is -2.15. The van der Waals surface area contributed by atoms with Crippen molar-refractivity contribution in [1.29, 1.82) is 0 Å². The Labute approximate surface area is 128 Å². The third-order valence-corrected chi connectivity index (χ3v) is 3.65. The highest BCUT2D eigenvalue weighted by molar-refractivity contribution is 6.32. The van der Waals surface area contributed by atoms with Crippen LogP contribution in [0.2, 0.25) is 10.2 Å². The Balaban J connectivity index is 2.40. The summed E-state index contributed by atoms with van der Waals surface area (Å²) >= 11 is 12.1. The Morgan fingerprint density at radius 3 is 2.25 bits per heavy atom. The van der Waals surface area contributed by atoms with Crippen LogP contribution in [0.3, 0.4) is 0 Å². The minimum atomic E-state index is -0.231. The molecule has 0 spiro atoms. The lowest BCUT2D eigenvalue weighted by molar-refractivity contribution is 0.112. The van der Waals surface area contributed by atoms with Gasteiger partial charge in [0.15, 0.2) is 6.29 Å². The molecule has 0 aliphatic heterocycles. The number of aldehydes is 1. The first-order valence-corrected chi connectivity index (χ1v) is 7.05. The highest BCUT2D eigenvalue weighted by Crippen LogP contribution is 2.29. The summed E-state index contributed by atoms with van der Waals surface area (Å²) in [5.74, 6) is 0. The number of carbonyl (C=O) groups excluding carboxylic acids is 1. The molecule has 0 atom stereocenters. The van der Waals surface area contributed by atoms with Crippen LogP contribution in [0.4, 0.5) is 0 Å². The number of nitrogens with zero attached hydrogens (tertiary/aromatic N) is 2. The van der Waals surface area contributed by atoms with Crippen molar-refractivity contribution < 1.29 is 4.79 Å². The zero-order valence-electron chi connectivity index (χ0n) is 11.7. The summed E-state index contributed by atoms with van der Waals surface area (Å²) in [7, 11) is 0. The van der Waals surface area contributed by atoms with Crippen molar-refractivity contribution in [2.24, 2.45) is 0 Å². The Bertz CT molecular complexity index is 625. The minimum Gasteiger partial charge on any atom is -0.298 e. The van der Waals surface area contributed by atoms with Gasteiger partial charge in [-0.05, 0) is 17.7 Å². The van der Waals surface area contributed by atoms with E-state index in [1.54, 1.807) is 4.68 Å². The molecular weight excluding hydrogens is 295 g/mol. The molecule has 0 N–H and O–H groups in total. The number of rotatable bonds is 3. The minimum absolute atomic E-state index is 0.231. The smallest absolute Gasteiger partial charge is 0.155 e. The van der Waals surface area contributed by atoms with Gasteiger partial charge in [0.1, 0.15) is 5.15 Å². The van der Waals surface area contributed by atoms with Crippen LogP contribution >= 0.6 is 23.2 Å². The maximum Gasteiger partial charge on any atom is 0.155 e. The Kier molecular flexibility index (Phi) is 4.21. The normalized spacial score (nSPS) is 11.7. The molecule has 0 radical (unpaired) electrons. The van der Waals surface area contributed by atoms with Crippen molar-refractivity contribution in [2.45, 2.75) is 32.7 Å². The topological polar surface area (TPSA) is 34.9 Å². The Morgan fingerprint density at radius 2 is 1.80 bits per heavy atom. The molecule has 0 saturated heterocycles. The molecule has 0 saturated carbocycles. The third-order valence-electron chi connectivity index (χ3n) is 3.00. The van der Waals surface area contributed by atoms with Gasteiger partial charge in [0.05, 0.1) is 17.8 Å². The van der Waals surface area contributed by atoms with E-state index in [-0.39, 0.29) is 5.41 Å². The molecule has 3 nitrogen and oxygen atoms in total. The molecule has 0 aliphatic rings. The summed E-state index contributed by atoms with van der Waals surface area (Å²) in [5, 5.41) is 5.55. The highest BCUT2D eigenvalue weighted by Gasteiger charge is 2.25. The molecule has 0 bridgehead atoms. The summed E-state index contributed by atoms with van der Waals surface area (Å²) in [5.41, 5.74) is 1.97. The van der Waals surface area contributed by atoms with E-state index < -0.39 is 0 Å². The van der Waals surface area contributed by atoms with E-state index in [1.807, 2.05) is 45.0 Å². The monoisotopic (exact) mass is 310 g/mol. The molecule has 5 heteroatoms. The average molecular weight is 311 g/mol. The molecule has 2 aromatic rings. The lowest BCUT2D eigenvalue weighted by Gasteiger charge is -2.15. The molecule has 0 fully saturated rings. The van der Waals surface area contributed by atoms with Gasteiger partial charge in [0.25, 0.3) is 0 Å². The number of carbonyl (C=O) groups is 1. The van der Waals surface area contributed by atoms with E-state index in [9.17, 15) is 4.79 Å². The summed E-state index contributed by atoms with van der Waals surface area (Å²) in [4.78, 5) is 11.3. The first-order valence-electron chi connectivity index (χ1n) is 6.29. The first-order chi connectivity index (χ1) is 9.32. The summed E-state index contributed by atoms with van der Waals surface area (Å²) in [6.07, 6.45) is 0.772. The second-order valence-corrected chi connectivity index (χ2v) is 6.50. The molecular formula is C15H16Cl2N2O. The van der Waals surface area contributed by atoms with Crippen LogP contribution in [0.25, 0.3) is 0 Å². The number of aromatic nitrogens is 2. The van der Waals surface area contributed by atoms with E-state index >= 15 is 0 Å². The van der Waals surface area contributed by atoms with Crippen molar-refractivity contribution >= 4 is 29.5 Å². The summed E-state index contributed by atoms with van der Waals surface area (Å²) in [6, 6.07) is 7.47. The number of benzene rings is 1. The van der Waals surface area contributed by atoms with Crippen LogP contribution in [0, 0.1) is 0 Å². The van der Waals surface area contributed by atoms with Gasteiger partial charge in [-0.3, -0.25) is 4.79 Å². The number of hydrogen-bond acceptors (Lipinski definition) is 2. The van der Waals surface area contributed by atoms with E-state index in [0.29, 0.717) is 28.0 Å². The predicted molar refractivity (Wildman–Crippen MR) is 81.9 cm³/mol. The molecule has 0 aliphatic carbocycles. The zero-order valence-corrected chi connectivity index (χ0v) is 13.2. The van der Waals surface area contributed by atoms with Crippen LogP contribution in [0.5, 0.6) is 0 Å². The van der Waals surface area contributed by atoms with Gasteiger partial charge in [-0.25, -0.2) is 4.68 Å². The second-order valence-electron chi connectivity index (χ2n) is 5.71. The van der Waals surface area contributed by atoms with E-state index in [1.165, 1.54) is 0 Å². The van der Waals surface area contributed by atoms with Crippen LogP contribution in [0.15, 0.2) is 24.3 Å². The fourth-order valence-corrected chi connectivity index (χ4v) is 2.34. The second kappa shape index (κ2) is 5.58. The quantitative estimate of drug-likeness (QED) is 0.790. The molecule has 0 unspecified atom stereocenters. The van der Waals surface area contributed by atoms with Crippen LogP contribution in [-0.4, -0.2) is 16.1 Å². The van der Waals surface area contributed by atoms with Gasteiger partial charge in [-0.15, -0.1) is 0 Å². The van der Waals surface area contributed by atoms with Crippen molar-refractivity contribution in [2.75, 3.05) is 0 Å². The van der Waals surface area contributed by atoms with Crippen molar-refractivity contribution in [1.82, 2.24) is 9.78 Å². The summed E-state index contributed by atoms with van der Waals surface area (Å²) < 4.78 is 1.65. The van der Waals surface area contributed by atoms with Gasteiger partial charge in [-0.1, -0.05) is 56.1 Å². The third kappa shape index (κ3) is 3.05. The lowest BCUT2D eigenvalue weighted by atomic mass is 9.90. The molecule has 0 amide bonds. The van der Waals surface area contributed by atoms with Crippen LogP contribution in [0.1, 0.15) is 42.4 Å².